The molecule has 2 aromatic rings. The molecule has 1 heterocycles. The van der Waals surface area contributed by atoms with Gasteiger partial charge in [-0.25, -0.2) is 0 Å². The average molecular weight is 436 g/mol. The van der Waals surface area contributed by atoms with E-state index in [-0.39, 0.29) is 17.7 Å². The molecule has 1 aliphatic heterocycles. The van der Waals surface area contributed by atoms with Crippen molar-refractivity contribution in [1.82, 2.24) is 15.5 Å². The summed E-state index contributed by atoms with van der Waals surface area (Å²) in [4.78, 5) is 28.3. The van der Waals surface area contributed by atoms with Gasteiger partial charge >= 0.3 is 0 Å². The zero-order chi connectivity index (χ0) is 23.1. The first-order valence-electron chi connectivity index (χ1n) is 11.8. The molecule has 0 spiro atoms. The fourth-order valence-electron chi connectivity index (χ4n) is 4.22. The number of benzene rings is 2. The van der Waals surface area contributed by atoms with Crippen LogP contribution in [0.4, 0.5) is 0 Å². The van der Waals surface area contributed by atoms with Gasteiger partial charge in [-0.2, -0.15) is 0 Å². The highest BCUT2D eigenvalue weighted by atomic mass is 16.2. The van der Waals surface area contributed by atoms with Crippen molar-refractivity contribution in [2.75, 3.05) is 13.1 Å². The van der Waals surface area contributed by atoms with Crippen molar-refractivity contribution >= 4 is 11.8 Å². The Balaban J connectivity index is 1.62. The maximum absolute atomic E-state index is 13.0. The van der Waals surface area contributed by atoms with Gasteiger partial charge in [0.2, 0.25) is 5.91 Å². The molecular formula is C27H37N3O2. The van der Waals surface area contributed by atoms with Crippen molar-refractivity contribution in [3.63, 3.8) is 0 Å². The number of carbonyl (C=O) groups is 2. The quantitative estimate of drug-likeness (QED) is 0.650. The number of aryl methyl sites for hydroxylation is 1. The van der Waals surface area contributed by atoms with Crippen molar-refractivity contribution in [2.24, 2.45) is 11.8 Å². The highest BCUT2D eigenvalue weighted by Gasteiger charge is 2.25. The first-order valence-corrected chi connectivity index (χ1v) is 11.8. The number of likely N-dealkylation sites (tertiary alicyclic amines) is 1. The molecule has 2 N–H and O–H groups in total. The van der Waals surface area contributed by atoms with Crippen LogP contribution in [-0.4, -0.2) is 35.8 Å². The highest BCUT2D eigenvalue weighted by molar-refractivity contribution is 5.98. The fraction of sp³-hybridized carbons (Fsp3) is 0.481. The number of hydrogen-bond donors (Lipinski definition) is 2. The second-order valence-corrected chi connectivity index (χ2v) is 9.46. The third kappa shape index (κ3) is 6.42. The van der Waals surface area contributed by atoms with Gasteiger partial charge < -0.3 is 10.6 Å². The van der Waals surface area contributed by atoms with Crippen molar-refractivity contribution in [3.8, 4) is 0 Å². The van der Waals surface area contributed by atoms with Gasteiger partial charge in [-0.1, -0.05) is 63.2 Å². The summed E-state index contributed by atoms with van der Waals surface area (Å²) >= 11 is 0. The fourth-order valence-corrected chi connectivity index (χ4v) is 4.22. The number of hydrogen-bond acceptors (Lipinski definition) is 3. The lowest BCUT2D eigenvalue weighted by atomic mass is 9.98. The van der Waals surface area contributed by atoms with Crippen molar-refractivity contribution < 1.29 is 9.59 Å². The lowest BCUT2D eigenvalue weighted by Crippen LogP contribution is -2.49. The molecule has 0 bridgehead atoms. The van der Waals surface area contributed by atoms with E-state index in [1.54, 1.807) is 6.07 Å². The van der Waals surface area contributed by atoms with Crippen LogP contribution >= 0.6 is 0 Å². The second-order valence-electron chi connectivity index (χ2n) is 9.46. The minimum absolute atomic E-state index is 0.0199. The molecule has 1 atom stereocenters. The Hall–Kier alpha value is -2.66. The van der Waals surface area contributed by atoms with E-state index in [9.17, 15) is 9.59 Å². The van der Waals surface area contributed by atoms with E-state index in [2.05, 4.69) is 40.7 Å². The van der Waals surface area contributed by atoms with E-state index in [4.69, 9.17) is 0 Å². The number of nitrogens with one attached hydrogen (secondary N) is 2. The summed E-state index contributed by atoms with van der Waals surface area (Å²) in [5.41, 5.74) is 3.89. The van der Waals surface area contributed by atoms with Gasteiger partial charge in [0.25, 0.3) is 5.91 Å². The van der Waals surface area contributed by atoms with Gasteiger partial charge in [0, 0.05) is 18.7 Å². The Morgan fingerprint density at radius 3 is 2.28 bits per heavy atom. The average Bonchev–Trinajstić information content (AvgIpc) is 2.78. The number of nitrogens with zero attached hydrogens (tertiary/aromatic N) is 1. The second kappa shape index (κ2) is 11.3. The van der Waals surface area contributed by atoms with Gasteiger partial charge in [-0.15, -0.1) is 0 Å². The molecule has 5 heteroatoms. The molecule has 1 aliphatic rings. The molecule has 5 nitrogen and oxygen atoms in total. The number of amides is 2. The Morgan fingerprint density at radius 1 is 1.00 bits per heavy atom. The molecule has 1 unspecified atom stereocenters. The topological polar surface area (TPSA) is 61.4 Å². The van der Waals surface area contributed by atoms with Crippen molar-refractivity contribution in [3.05, 3.63) is 70.8 Å². The van der Waals surface area contributed by atoms with Crippen LogP contribution in [0.5, 0.6) is 0 Å². The van der Waals surface area contributed by atoms with Gasteiger partial charge in [-0.05, 0) is 67.4 Å². The standard InChI is InChI=1S/C27H37N3O2/c1-19(2)25(29-26(31)24-12-8-5-9-21(24)4)27(32)28-17-22-10-6-7-11-23(22)18-30-15-13-20(3)14-16-30/h5-12,19-20,25H,13-18H2,1-4H3,(H,28,32)(H,29,31). The molecule has 2 aromatic carbocycles. The van der Waals surface area contributed by atoms with Crippen LogP contribution in [0.2, 0.25) is 0 Å². The zero-order valence-electron chi connectivity index (χ0n) is 19.9. The maximum Gasteiger partial charge on any atom is 0.252 e. The smallest absolute Gasteiger partial charge is 0.252 e. The van der Waals surface area contributed by atoms with Crippen LogP contribution in [0.1, 0.15) is 60.7 Å². The molecule has 172 valence electrons. The lowest BCUT2D eigenvalue weighted by molar-refractivity contribution is -0.124. The maximum atomic E-state index is 13.0. The zero-order valence-corrected chi connectivity index (χ0v) is 19.9. The summed E-state index contributed by atoms with van der Waals surface area (Å²) in [6, 6.07) is 15.2. The van der Waals surface area contributed by atoms with Crippen LogP contribution in [0.25, 0.3) is 0 Å². The Bertz CT molecular complexity index is 917. The van der Waals surface area contributed by atoms with Crippen molar-refractivity contribution in [1.29, 1.82) is 0 Å². The third-order valence-corrected chi connectivity index (χ3v) is 6.47. The number of carbonyl (C=O) groups excluding carboxylic acids is 2. The van der Waals surface area contributed by atoms with Gasteiger partial charge in [-0.3, -0.25) is 14.5 Å². The molecule has 0 radical (unpaired) electrons. The molecule has 0 aliphatic carbocycles. The van der Waals surface area contributed by atoms with Gasteiger partial charge in [0.05, 0.1) is 0 Å². The summed E-state index contributed by atoms with van der Waals surface area (Å²) in [6.07, 6.45) is 2.49. The van der Waals surface area contributed by atoms with Crippen molar-refractivity contribution in [2.45, 2.75) is 59.7 Å². The van der Waals surface area contributed by atoms with Gasteiger partial charge in [0.15, 0.2) is 0 Å². The molecular weight excluding hydrogens is 398 g/mol. The summed E-state index contributed by atoms with van der Waals surface area (Å²) in [5, 5.41) is 6.00. The first kappa shape index (κ1) is 24.0. The van der Waals surface area contributed by atoms with Gasteiger partial charge in [0.1, 0.15) is 6.04 Å². The summed E-state index contributed by atoms with van der Waals surface area (Å²) in [6.45, 7) is 11.8. The summed E-state index contributed by atoms with van der Waals surface area (Å²) in [5.74, 6) is 0.428. The number of piperidine rings is 1. The molecule has 0 saturated carbocycles. The van der Waals surface area contributed by atoms with Crippen LogP contribution in [0.3, 0.4) is 0 Å². The first-order chi connectivity index (χ1) is 15.3. The predicted octanol–water partition coefficient (Wildman–Crippen LogP) is 4.30. The minimum Gasteiger partial charge on any atom is -0.350 e. The number of rotatable bonds is 8. The third-order valence-electron chi connectivity index (χ3n) is 6.47. The predicted molar refractivity (Wildman–Crippen MR) is 129 cm³/mol. The van der Waals surface area contributed by atoms with Crippen LogP contribution in [-0.2, 0) is 17.9 Å². The minimum atomic E-state index is -0.585. The largest absolute Gasteiger partial charge is 0.350 e. The monoisotopic (exact) mass is 435 g/mol. The van der Waals surface area contributed by atoms with Crippen LogP contribution in [0, 0.1) is 18.8 Å². The molecule has 1 fully saturated rings. The van der Waals surface area contributed by atoms with E-state index in [1.807, 2.05) is 45.0 Å². The molecule has 1 saturated heterocycles. The normalized spacial score (nSPS) is 16.0. The Labute approximate surface area is 192 Å². The van der Waals surface area contributed by atoms with E-state index in [0.717, 1.165) is 36.7 Å². The van der Waals surface area contributed by atoms with Crippen LogP contribution < -0.4 is 10.6 Å². The molecule has 0 aromatic heterocycles. The summed E-state index contributed by atoms with van der Waals surface area (Å²) < 4.78 is 0. The highest BCUT2D eigenvalue weighted by Crippen LogP contribution is 2.20. The Morgan fingerprint density at radius 2 is 1.62 bits per heavy atom. The van der Waals surface area contributed by atoms with E-state index < -0.39 is 6.04 Å². The lowest BCUT2D eigenvalue weighted by Gasteiger charge is -2.30. The summed E-state index contributed by atoms with van der Waals surface area (Å²) in [7, 11) is 0. The van der Waals surface area contributed by atoms with E-state index in [1.165, 1.54) is 18.4 Å². The molecule has 3 rings (SSSR count). The van der Waals surface area contributed by atoms with E-state index in [0.29, 0.717) is 12.1 Å². The van der Waals surface area contributed by atoms with E-state index >= 15 is 0 Å². The Kier molecular flexibility index (Phi) is 8.46. The molecule has 2 amide bonds. The SMILES string of the molecule is Cc1ccccc1C(=O)NC(C(=O)NCc1ccccc1CN1CCC(C)CC1)C(C)C. The molecule has 32 heavy (non-hydrogen) atoms. The van der Waals surface area contributed by atoms with Crippen LogP contribution in [0.15, 0.2) is 48.5 Å².